The lowest BCUT2D eigenvalue weighted by atomic mass is 10.00. The topological polar surface area (TPSA) is 72.5 Å². The molecular formula is C29H21F2NO4. The first-order valence-electron chi connectivity index (χ1n) is 11.5. The normalized spacial score (nSPS) is 13.3. The van der Waals surface area contributed by atoms with E-state index in [9.17, 15) is 13.6 Å². The summed E-state index contributed by atoms with van der Waals surface area (Å²) in [7, 11) is 0. The minimum absolute atomic E-state index is 0.0555. The molecule has 0 aliphatic heterocycles. The monoisotopic (exact) mass is 485 g/mol. The zero-order chi connectivity index (χ0) is 25.1. The van der Waals surface area contributed by atoms with E-state index in [1.807, 2.05) is 0 Å². The average Bonchev–Trinajstić information content (AvgIpc) is 3.71. The number of fused-ring (bicyclic) bond motifs is 1. The van der Waals surface area contributed by atoms with E-state index in [4.69, 9.17) is 19.2 Å². The maximum atomic E-state index is 13.5. The molecule has 0 atom stereocenters. The van der Waals surface area contributed by atoms with Crippen LogP contribution in [0.2, 0.25) is 0 Å². The van der Waals surface area contributed by atoms with Crippen molar-refractivity contribution in [2.24, 2.45) is 5.92 Å². The Morgan fingerprint density at radius 3 is 2.53 bits per heavy atom. The molecular weight excluding hydrogens is 464 g/mol. The van der Waals surface area contributed by atoms with Crippen molar-refractivity contribution in [2.75, 3.05) is 6.61 Å². The molecule has 1 aromatic heterocycles. The Morgan fingerprint density at radius 2 is 1.81 bits per heavy atom. The Balaban J connectivity index is 1.62. The molecule has 0 amide bonds. The van der Waals surface area contributed by atoms with Crippen LogP contribution in [0.5, 0.6) is 11.5 Å². The molecule has 1 aliphatic carbocycles. The standard InChI is InChI=1S/C29H21F2NO4/c30-29(31)36-25-7-3-4-21(28(25)34-17-19-8-9-19)14-15-24-26(20-12-10-18(16-32)11-13-20)27(33)22-5-1-2-6-23(22)35-24/h1-7,10-15,19,29H,8-9,17H2. The molecule has 0 N–H and O–H groups in total. The number of para-hydroxylation sites is 2. The summed E-state index contributed by atoms with van der Waals surface area (Å²) in [6.45, 7) is -2.58. The van der Waals surface area contributed by atoms with Gasteiger partial charge < -0.3 is 13.9 Å². The second-order valence-electron chi connectivity index (χ2n) is 8.50. The van der Waals surface area contributed by atoms with Crippen LogP contribution in [0.4, 0.5) is 8.78 Å². The van der Waals surface area contributed by atoms with Crippen LogP contribution in [0.15, 0.2) is 75.9 Å². The highest BCUT2D eigenvalue weighted by atomic mass is 19.3. The number of hydrogen-bond acceptors (Lipinski definition) is 5. The van der Waals surface area contributed by atoms with Gasteiger partial charge in [-0.2, -0.15) is 14.0 Å². The number of rotatable bonds is 8. The molecule has 5 nitrogen and oxygen atoms in total. The number of alkyl halides is 2. The third kappa shape index (κ3) is 4.98. The molecule has 1 saturated carbocycles. The second-order valence-corrected chi connectivity index (χ2v) is 8.50. The van der Waals surface area contributed by atoms with Crippen LogP contribution in [-0.2, 0) is 0 Å². The molecule has 7 heteroatoms. The maximum Gasteiger partial charge on any atom is 0.387 e. The van der Waals surface area contributed by atoms with Crippen molar-refractivity contribution in [1.82, 2.24) is 0 Å². The fraction of sp³-hybridized carbons (Fsp3) is 0.172. The Morgan fingerprint density at radius 1 is 1.03 bits per heavy atom. The average molecular weight is 485 g/mol. The van der Waals surface area contributed by atoms with Crippen LogP contribution in [0.1, 0.15) is 29.7 Å². The molecule has 0 unspecified atom stereocenters. The lowest BCUT2D eigenvalue weighted by Crippen LogP contribution is -2.08. The highest BCUT2D eigenvalue weighted by molar-refractivity contribution is 5.87. The van der Waals surface area contributed by atoms with Gasteiger partial charge in [0, 0.05) is 5.56 Å². The Bertz CT molecular complexity index is 1530. The van der Waals surface area contributed by atoms with E-state index in [1.54, 1.807) is 72.8 Å². The first kappa shape index (κ1) is 23.3. The summed E-state index contributed by atoms with van der Waals surface area (Å²) in [6, 6.07) is 20.4. The number of hydrogen-bond donors (Lipinski definition) is 0. The quantitative estimate of drug-likeness (QED) is 0.272. The molecule has 0 spiro atoms. The molecule has 5 rings (SSSR count). The highest BCUT2D eigenvalue weighted by Crippen LogP contribution is 2.37. The van der Waals surface area contributed by atoms with Crippen LogP contribution in [0.3, 0.4) is 0 Å². The summed E-state index contributed by atoms with van der Waals surface area (Å²) in [5.41, 5.74) is 2.09. The number of ether oxygens (including phenoxy) is 2. The zero-order valence-corrected chi connectivity index (χ0v) is 19.1. The van der Waals surface area contributed by atoms with Gasteiger partial charge in [0.1, 0.15) is 11.3 Å². The predicted octanol–water partition coefficient (Wildman–Crippen LogP) is 6.89. The van der Waals surface area contributed by atoms with Crippen LogP contribution in [0.25, 0.3) is 34.2 Å². The van der Waals surface area contributed by atoms with Gasteiger partial charge in [0.2, 0.25) is 5.43 Å². The van der Waals surface area contributed by atoms with Crippen LogP contribution < -0.4 is 14.9 Å². The summed E-state index contributed by atoms with van der Waals surface area (Å²) < 4.78 is 42.7. The van der Waals surface area contributed by atoms with Crippen molar-refractivity contribution >= 4 is 23.1 Å². The number of halogens is 2. The number of nitriles is 1. The first-order valence-corrected chi connectivity index (χ1v) is 11.5. The van der Waals surface area contributed by atoms with Gasteiger partial charge >= 0.3 is 6.61 Å². The van der Waals surface area contributed by atoms with Crippen molar-refractivity contribution < 1.29 is 22.7 Å². The third-order valence-electron chi connectivity index (χ3n) is 5.93. The van der Waals surface area contributed by atoms with Crippen LogP contribution >= 0.6 is 0 Å². The molecule has 180 valence electrons. The van der Waals surface area contributed by atoms with Gasteiger partial charge in [-0.05, 0) is 66.8 Å². The second kappa shape index (κ2) is 10.0. The number of benzene rings is 3. The molecule has 3 aromatic carbocycles. The van der Waals surface area contributed by atoms with Crippen molar-refractivity contribution in [3.05, 3.63) is 93.8 Å². The Hall–Kier alpha value is -4.44. The van der Waals surface area contributed by atoms with Crippen molar-refractivity contribution in [1.29, 1.82) is 5.26 Å². The largest absolute Gasteiger partial charge is 0.489 e. The predicted molar refractivity (Wildman–Crippen MR) is 133 cm³/mol. The lowest BCUT2D eigenvalue weighted by molar-refractivity contribution is -0.0515. The molecule has 1 fully saturated rings. The van der Waals surface area contributed by atoms with Crippen molar-refractivity contribution in [3.63, 3.8) is 0 Å². The van der Waals surface area contributed by atoms with E-state index in [0.717, 1.165) is 12.8 Å². The van der Waals surface area contributed by atoms with Gasteiger partial charge in [0.05, 0.1) is 29.2 Å². The number of nitrogens with zero attached hydrogens (tertiary/aromatic N) is 1. The van der Waals surface area contributed by atoms with E-state index < -0.39 is 6.61 Å². The van der Waals surface area contributed by atoms with E-state index in [1.165, 1.54) is 6.07 Å². The van der Waals surface area contributed by atoms with Gasteiger partial charge in [0.25, 0.3) is 0 Å². The summed E-state index contributed by atoms with van der Waals surface area (Å²) in [6.07, 6.45) is 5.35. The fourth-order valence-electron chi connectivity index (χ4n) is 3.92. The van der Waals surface area contributed by atoms with Gasteiger partial charge in [-0.1, -0.05) is 36.4 Å². The third-order valence-corrected chi connectivity index (χ3v) is 5.93. The smallest absolute Gasteiger partial charge is 0.387 e. The molecule has 0 radical (unpaired) electrons. The molecule has 0 saturated heterocycles. The van der Waals surface area contributed by atoms with E-state index in [2.05, 4.69) is 6.07 Å². The van der Waals surface area contributed by atoms with E-state index >= 15 is 0 Å². The Kier molecular flexibility index (Phi) is 6.50. The fourth-order valence-corrected chi connectivity index (χ4v) is 3.92. The van der Waals surface area contributed by atoms with Crippen LogP contribution in [0, 0.1) is 17.2 Å². The van der Waals surface area contributed by atoms with E-state index in [0.29, 0.717) is 45.7 Å². The summed E-state index contributed by atoms with van der Waals surface area (Å²) in [5, 5.41) is 9.56. The molecule has 4 aromatic rings. The molecule has 1 aliphatic rings. The zero-order valence-electron chi connectivity index (χ0n) is 19.1. The maximum absolute atomic E-state index is 13.5. The van der Waals surface area contributed by atoms with Gasteiger partial charge in [-0.25, -0.2) is 0 Å². The summed E-state index contributed by atoms with van der Waals surface area (Å²) in [5.74, 6) is 0.851. The van der Waals surface area contributed by atoms with E-state index in [-0.39, 0.29) is 22.7 Å². The SMILES string of the molecule is N#Cc1ccc(-c2c(C=Cc3cccc(OC(F)F)c3OCC3CC3)oc3ccccc3c2=O)cc1. The van der Waals surface area contributed by atoms with Crippen molar-refractivity contribution in [3.8, 4) is 28.7 Å². The van der Waals surface area contributed by atoms with Gasteiger partial charge in [-0.15, -0.1) is 0 Å². The summed E-state index contributed by atoms with van der Waals surface area (Å²) in [4.78, 5) is 13.5. The molecule has 0 bridgehead atoms. The van der Waals surface area contributed by atoms with Crippen LogP contribution in [-0.4, -0.2) is 13.2 Å². The van der Waals surface area contributed by atoms with Crippen molar-refractivity contribution in [2.45, 2.75) is 19.5 Å². The highest BCUT2D eigenvalue weighted by Gasteiger charge is 2.24. The van der Waals surface area contributed by atoms with Gasteiger partial charge in [0.15, 0.2) is 11.5 Å². The molecule has 36 heavy (non-hydrogen) atoms. The molecule has 1 heterocycles. The summed E-state index contributed by atoms with van der Waals surface area (Å²) >= 11 is 0. The first-order chi connectivity index (χ1) is 17.5. The Labute approximate surface area is 205 Å². The lowest BCUT2D eigenvalue weighted by Gasteiger charge is -2.14. The minimum atomic E-state index is -2.99. The minimum Gasteiger partial charge on any atom is -0.489 e. The van der Waals surface area contributed by atoms with Gasteiger partial charge in [-0.3, -0.25) is 4.79 Å².